The molecule has 22 heteroatoms. The number of ether oxygens (including phenoxy) is 1. The van der Waals surface area contributed by atoms with E-state index in [0.717, 1.165) is 21.0 Å². The van der Waals surface area contributed by atoms with E-state index in [2.05, 4.69) is 39.5 Å². The molecule has 0 bridgehead atoms. The van der Waals surface area contributed by atoms with Crippen molar-refractivity contribution >= 4 is 45.2 Å². The predicted molar refractivity (Wildman–Crippen MR) is 136 cm³/mol. The van der Waals surface area contributed by atoms with Crippen LogP contribution in [0.2, 0.25) is 0 Å². The zero-order valence-corrected chi connectivity index (χ0v) is 24.3. The molecule has 1 saturated heterocycles. The molecule has 7 N–H and O–H groups in total. The van der Waals surface area contributed by atoms with E-state index in [4.69, 9.17) is 19.4 Å². The maximum absolute atomic E-state index is 12.5. The predicted octanol–water partition coefficient (Wildman–Crippen LogP) is 0.945. The fourth-order valence-corrected chi connectivity index (χ4v) is 6.65. The number of nitrogens with zero attached hydrogens (tertiary/aromatic N) is 2. The summed E-state index contributed by atoms with van der Waals surface area (Å²) in [6, 6.07) is 9.12. The number of phosphoric ester groups is 1. The van der Waals surface area contributed by atoms with Crippen LogP contribution < -0.4 is 11.2 Å². The lowest BCUT2D eigenvalue weighted by Crippen LogP contribution is -2.36. The van der Waals surface area contributed by atoms with Gasteiger partial charge in [0.15, 0.2) is 12.0 Å². The summed E-state index contributed by atoms with van der Waals surface area (Å²) < 4.78 is 52.6. The van der Waals surface area contributed by atoms with Crippen molar-refractivity contribution in [2.45, 2.75) is 37.4 Å². The fraction of sp³-hybridized carbons (Fsp3) is 0.444. The highest BCUT2D eigenvalue weighted by atomic mass is 79.9. The molecule has 3 rings (SSSR count). The molecule has 0 spiro atoms. The van der Waals surface area contributed by atoms with Crippen molar-refractivity contribution in [3.05, 3.63) is 57.0 Å². The number of anilines is 1. The minimum Gasteiger partial charge on any atom is -0.387 e. The molecule has 2 aromatic rings. The van der Waals surface area contributed by atoms with Gasteiger partial charge in [-0.1, -0.05) is 28.1 Å². The Hall–Kier alpha value is -1.37. The molecule has 18 nitrogen and oxygen atoms in total. The van der Waals surface area contributed by atoms with Gasteiger partial charge in [-0.15, -0.1) is 0 Å². The zero-order chi connectivity index (χ0) is 29.7. The number of phosphoric acid groups is 3. The topological polar surface area (TPSA) is 266 Å². The van der Waals surface area contributed by atoms with Gasteiger partial charge in [-0.25, -0.2) is 24.0 Å². The molecule has 2 unspecified atom stereocenters. The number of aryl methyl sites for hydroxylation is 1. The van der Waals surface area contributed by atoms with E-state index in [1.54, 1.807) is 0 Å². The van der Waals surface area contributed by atoms with Crippen molar-refractivity contribution in [2.24, 2.45) is 0 Å². The van der Waals surface area contributed by atoms with Gasteiger partial charge >= 0.3 is 29.2 Å². The van der Waals surface area contributed by atoms with Crippen LogP contribution in [0.15, 0.2) is 45.8 Å². The molecule has 1 aromatic carbocycles. The van der Waals surface area contributed by atoms with Gasteiger partial charge < -0.3 is 34.5 Å². The van der Waals surface area contributed by atoms with E-state index in [-0.39, 0.29) is 5.82 Å². The molecule has 1 aliphatic rings. The van der Waals surface area contributed by atoms with Crippen molar-refractivity contribution in [3.8, 4) is 0 Å². The molecular weight excluding hydrogens is 671 g/mol. The molecule has 40 heavy (non-hydrogen) atoms. The first-order valence-corrected chi connectivity index (χ1v) is 16.4. The minimum atomic E-state index is -5.75. The van der Waals surface area contributed by atoms with Crippen molar-refractivity contribution in [3.63, 3.8) is 0 Å². The number of aromatic nitrogens is 2. The molecule has 2 heterocycles. The molecule has 1 aliphatic heterocycles. The number of aliphatic hydroxyl groups is 2. The van der Waals surface area contributed by atoms with Crippen LogP contribution in [-0.2, 0) is 42.8 Å². The van der Waals surface area contributed by atoms with E-state index >= 15 is 0 Å². The quantitative estimate of drug-likeness (QED) is 0.0823. The van der Waals surface area contributed by atoms with Crippen molar-refractivity contribution in [1.82, 2.24) is 9.55 Å². The van der Waals surface area contributed by atoms with Crippen LogP contribution >= 0.6 is 39.4 Å². The summed E-state index contributed by atoms with van der Waals surface area (Å²) in [5, 5.41) is 20.5. The Morgan fingerprint density at radius 1 is 1.00 bits per heavy atom. The van der Waals surface area contributed by atoms with Crippen LogP contribution in [-0.4, -0.2) is 70.9 Å². The normalized spacial score (nSPS) is 24.4. The fourth-order valence-electron chi connectivity index (χ4n) is 3.36. The molecular formula is C18H25BrN3O15P3. The summed E-state index contributed by atoms with van der Waals surface area (Å²) in [5.41, 5.74) is 2.71. The van der Waals surface area contributed by atoms with E-state index in [1.807, 2.05) is 24.3 Å². The molecule has 1 fully saturated rings. The van der Waals surface area contributed by atoms with Crippen LogP contribution in [0.1, 0.15) is 18.2 Å². The number of hydrogen-bond acceptors (Lipinski definition) is 13. The Labute approximate surface area is 234 Å². The number of hydrogen-bond donors (Lipinski definition) is 7. The van der Waals surface area contributed by atoms with Gasteiger partial charge in [0.2, 0.25) is 0 Å². The van der Waals surface area contributed by atoms with E-state index in [1.165, 1.54) is 12.3 Å². The average molecular weight is 696 g/mol. The third-order valence-corrected chi connectivity index (χ3v) is 9.39. The lowest BCUT2D eigenvalue weighted by Gasteiger charge is -2.19. The van der Waals surface area contributed by atoms with Crippen LogP contribution in [0.25, 0.3) is 0 Å². The van der Waals surface area contributed by atoms with Crippen molar-refractivity contribution < 1.29 is 66.2 Å². The molecule has 224 valence electrons. The van der Waals surface area contributed by atoms with Crippen LogP contribution in [0.3, 0.4) is 0 Å². The van der Waals surface area contributed by atoms with Crippen LogP contribution in [0.4, 0.5) is 5.82 Å². The Kier molecular flexibility index (Phi) is 11.4. The van der Waals surface area contributed by atoms with E-state index < -0.39 is 60.3 Å². The second-order valence-electron chi connectivity index (χ2n) is 8.12. The maximum Gasteiger partial charge on any atom is 0.490 e. The van der Waals surface area contributed by atoms with Crippen molar-refractivity contribution in [2.75, 3.05) is 18.7 Å². The smallest absolute Gasteiger partial charge is 0.387 e. The van der Waals surface area contributed by atoms with Crippen LogP contribution in [0, 0.1) is 0 Å². The largest absolute Gasteiger partial charge is 0.490 e. The highest BCUT2D eigenvalue weighted by molar-refractivity contribution is 9.10. The van der Waals surface area contributed by atoms with E-state index in [9.17, 15) is 38.5 Å². The Balaban J connectivity index is 1.51. The second-order valence-corrected chi connectivity index (χ2v) is 13.5. The summed E-state index contributed by atoms with van der Waals surface area (Å²) in [7, 11) is -16.8. The van der Waals surface area contributed by atoms with Crippen molar-refractivity contribution in [1.29, 1.82) is 0 Å². The molecule has 0 radical (unpaired) electrons. The molecule has 0 amide bonds. The summed E-state index contributed by atoms with van der Waals surface area (Å²) >= 11 is 3.36. The third kappa shape index (κ3) is 10.2. The van der Waals surface area contributed by atoms with Gasteiger partial charge in [-0.05, 0) is 36.6 Å². The zero-order valence-electron chi connectivity index (χ0n) is 20.1. The van der Waals surface area contributed by atoms with Gasteiger partial charge in [-0.2, -0.15) is 13.6 Å². The Morgan fingerprint density at radius 3 is 2.30 bits per heavy atom. The average Bonchev–Trinajstić information content (AvgIpc) is 3.10. The van der Waals surface area contributed by atoms with Crippen LogP contribution in [0.5, 0.6) is 0 Å². The monoisotopic (exact) mass is 695 g/mol. The molecule has 1 aromatic heterocycles. The third-order valence-electron chi connectivity index (χ3n) is 5.06. The number of rotatable bonds is 14. The summed E-state index contributed by atoms with van der Waals surface area (Å²) in [5.74, 6) is 0.0436. The highest BCUT2D eigenvalue weighted by Crippen LogP contribution is 2.66. The standard InChI is InChI=1S/C18H25BrN3O15P3/c19-12-5-3-11(4-6-12)2-1-9-33-21-14-7-8-22(18(25)20-14)17-16(24)15(23)13(35-17)10-34-39(29,30)37-40(31,32)36-38(26,27)28/h3-8,13,15-17,23-24H,1-2,9-10H2,(H,29,30)(H,31,32)(H,20,21,25)(H2,26,27,28)/t13-,15-,16-,17-/m1/s1. The summed E-state index contributed by atoms with van der Waals surface area (Å²) in [6.07, 6.45) is -4.01. The second kappa shape index (κ2) is 13.7. The first-order chi connectivity index (χ1) is 18.6. The number of benzene rings is 1. The first kappa shape index (κ1) is 33.1. The first-order valence-electron chi connectivity index (χ1n) is 11.1. The summed E-state index contributed by atoms with van der Waals surface area (Å²) in [6.45, 7) is -0.733. The number of halogens is 1. The van der Waals surface area contributed by atoms with Gasteiger partial charge in [-0.3, -0.25) is 13.9 Å². The Bertz CT molecular complexity index is 1360. The molecule has 6 atom stereocenters. The maximum atomic E-state index is 12.5. The lowest BCUT2D eigenvalue weighted by molar-refractivity contribution is -0.0541. The number of aliphatic hydroxyl groups excluding tert-OH is 2. The van der Waals surface area contributed by atoms with Gasteiger partial charge in [0, 0.05) is 10.7 Å². The van der Waals surface area contributed by atoms with E-state index in [0.29, 0.717) is 13.0 Å². The van der Waals surface area contributed by atoms with Gasteiger partial charge in [0.1, 0.15) is 18.3 Å². The Morgan fingerprint density at radius 2 is 1.68 bits per heavy atom. The lowest BCUT2D eigenvalue weighted by atomic mass is 10.1. The molecule has 0 saturated carbocycles. The summed E-state index contributed by atoms with van der Waals surface area (Å²) in [4.78, 5) is 57.3. The molecule has 0 aliphatic carbocycles. The van der Waals surface area contributed by atoms with Gasteiger partial charge in [0.05, 0.1) is 13.2 Å². The van der Waals surface area contributed by atoms with Gasteiger partial charge in [0.25, 0.3) is 0 Å². The minimum absolute atomic E-state index is 0.0436. The highest BCUT2D eigenvalue weighted by Gasteiger charge is 2.46. The number of nitrogens with one attached hydrogen (secondary N) is 1. The SMILES string of the molecule is O=c1nc(NOCCCc2ccc(Br)cc2)ccn1[C@@H]1O[C@H](COP(=O)(O)OP(=O)(O)OP(=O)(O)O)[C@@H](O)[C@H]1O.